The molecule has 3 rings (SSSR count). The number of amides is 1. The van der Waals surface area contributed by atoms with Gasteiger partial charge in [-0.1, -0.05) is 35.5 Å². The lowest BCUT2D eigenvalue weighted by atomic mass is 10.2. The lowest BCUT2D eigenvalue weighted by Crippen LogP contribution is -2.26. The van der Waals surface area contributed by atoms with Crippen LogP contribution < -0.4 is 10.1 Å². The molecule has 3 aromatic rings. The van der Waals surface area contributed by atoms with Crippen LogP contribution in [-0.4, -0.2) is 23.2 Å². The second-order valence-corrected chi connectivity index (χ2v) is 5.25. The number of nitrogens with zero attached hydrogens (tertiary/aromatic N) is 2. The quantitative estimate of drug-likeness (QED) is 0.780. The first-order chi connectivity index (χ1) is 11.7. The molecule has 24 heavy (non-hydrogen) atoms. The third-order valence-electron chi connectivity index (χ3n) is 3.54. The Hall–Kier alpha value is -3.15. The van der Waals surface area contributed by atoms with E-state index in [1.54, 1.807) is 38.3 Å². The van der Waals surface area contributed by atoms with Crippen LogP contribution >= 0.6 is 0 Å². The Morgan fingerprint density at radius 1 is 1.12 bits per heavy atom. The first-order valence-corrected chi connectivity index (χ1v) is 7.51. The zero-order valence-electron chi connectivity index (χ0n) is 13.4. The molecule has 0 saturated carbocycles. The van der Waals surface area contributed by atoms with Crippen LogP contribution in [0.3, 0.4) is 0 Å². The number of rotatable bonds is 5. The van der Waals surface area contributed by atoms with Crippen molar-refractivity contribution in [1.82, 2.24) is 15.5 Å². The first kappa shape index (κ1) is 15.7. The smallest absolute Gasteiger partial charge is 0.251 e. The monoisotopic (exact) mass is 323 g/mol. The summed E-state index contributed by atoms with van der Waals surface area (Å²) in [6, 6.07) is 16.0. The summed E-state index contributed by atoms with van der Waals surface area (Å²) in [5, 5.41) is 6.80. The van der Waals surface area contributed by atoms with E-state index in [9.17, 15) is 4.79 Å². The van der Waals surface area contributed by atoms with Crippen LogP contribution in [0.2, 0.25) is 0 Å². The van der Waals surface area contributed by atoms with Crippen LogP contribution in [0.4, 0.5) is 0 Å². The maximum absolute atomic E-state index is 12.3. The highest BCUT2D eigenvalue weighted by atomic mass is 16.5. The molecule has 0 saturated heterocycles. The van der Waals surface area contributed by atoms with Gasteiger partial charge in [-0.3, -0.25) is 4.79 Å². The summed E-state index contributed by atoms with van der Waals surface area (Å²) >= 11 is 0. The minimum atomic E-state index is -0.399. The van der Waals surface area contributed by atoms with Gasteiger partial charge in [0, 0.05) is 11.1 Å². The molecule has 1 atom stereocenters. The average molecular weight is 323 g/mol. The van der Waals surface area contributed by atoms with Crippen molar-refractivity contribution in [2.24, 2.45) is 0 Å². The molecule has 6 nitrogen and oxygen atoms in total. The number of methoxy groups -OCH3 is 1. The molecule has 6 heteroatoms. The van der Waals surface area contributed by atoms with E-state index in [1.165, 1.54) is 0 Å². The fourth-order valence-corrected chi connectivity index (χ4v) is 2.20. The number of hydrogen-bond donors (Lipinski definition) is 1. The van der Waals surface area contributed by atoms with Crippen molar-refractivity contribution in [2.45, 2.75) is 13.0 Å². The topological polar surface area (TPSA) is 77.2 Å². The van der Waals surface area contributed by atoms with Crippen molar-refractivity contribution < 1.29 is 14.1 Å². The summed E-state index contributed by atoms with van der Waals surface area (Å²) in [5.74, 6) is 1.33. The predicted octanol–water partition coefficient (Wildman–Crippen LogP) is 3.24. The van der Waals surface area contributed by atoms with Gasteiger partial charge < -0.3 is 14.6 Å². The fourth-order valence-electron chi connectivity index (χ4n) is 2.20. The molecule has 0 aliphatic heterocycles. The minimum Gasteiger partial charge on any atom is -0.497 e. The molecular formula is C18H17N3O3. The van der Waals surface area contributed by atoms with Crippen LogP contribution in [0.25, 0.3) is 11.4 Å². The Kier molecular flexibility index (Phi) is 4.56. The van der Waals surface area contributed by atoms with Gasteiger partial charge >= 0.3 is 0 Å². The number of ether oxygens (including phenoxy) is 1. The number of carbonyl (C=O) groups excluding carboxylic acids is 1. The Labute approximate surface area is 139 Å². The van der Waals surface area contributed by atoms with Gasteiger partial charge in [0.25, 0.3) is 5.91 Å². The molecule has 0 aliphatic rings. The fraction of sp³-hybridized carbons (Fsp3) is 0.167. The molecule has 1 aromatic heterocycles. The molecule has 1 unspecified atom stereocenters. The highest BCUT2D eigenvalue weighted by Gasteiger charge is 2.18. The summed E-state index contributed by atoms with van der Waals surface area (Å²) in [6.07, 6.45) is 0. The highest BCUT2D eigenvalue weighted by Crippen LogP contribution is 2.19. The Morgan fingerprint density at radius 2 is 1.83 bits per heavy atom. The summed E-state index contributed by atoms with van der Waals surface area (Å²) in [6.45, 7) is 1.80. The lowest BCUT2D eigenvalue weighted by Gasteiger charge is -2.10. The van der Waals surface area contributed by atoms with Crippen molar-refractivity contribution in [3.63, 3.8) is 0 Å². The number of aromatic nitrogens is 2. The lowest BCUT2D eigenvalue weighted by molar-refractivity contribution is 0.0932. The van der Waals surface area contributed by atoms with Crippen molar-refractivity contribution in [2.75, 3.05) is 7.11 Å². The maximum atomic E-state index is 12.3. The maximum Gasteiger partial charge on any atom is 0.251 e. The van der Waals surface area contributed by atoms with E-state index in [2.05, 4.69) is 15.5 Å². The second-order valence-electron chi connectivity index (χ2n) is 5.25. The summed E-state index contributed by atoms with van der Waals surface area (Å²) in [7, 11) is 1.58. The van der Waals surface area contributed by atoms with Crippen LogP contribution in [0, 0.1) is 0 Å². The third kappa shape index (κ3) is 3.43. The number of carbonyl (C=O) groups is 1. The molecule has 1 N–H and O–H groups in total. The molecule has 0 radical (unpaired) electrons. The molecule has 0 spiro atoms. The number of benzene rings is 2. The Bertz CT molecular complexity index is 813. The number of nitrogens with one attached hydrogen (secondary N) is 1. The standard InChI is InChI=1S/C18H17N3O3/c1-12(19-17(22)14-8-10-15(23-2)11-9-14)18-20-16(21-24-18)13-6-4-3-5-7-13/h3-12H,1-2H3,(H,19,22). The molecule has 0 bridgehead atoms. The van der Waals surface area contributed by atoms with E-state index in [0.717, 1.165) is 5.56 Å². The van der Waals surface area contributed by atoms with Gasteiger partial charge in [-0.05, 0) is 31.2 Å². The molecule has 0 aliphatic carbocycles. The van der Waals surface area contributed by atoms with E-state index in [-0.39, 0.29) is 5.91 Å². The number of hydrogen-bond acceptors (Lipinski definition) is 5. The highest BCUT2D eigenvalue weighted by molar-refractivity contribution is 5.94. The molecule has 1 amide bonds. The van der Waals surface area contributed by atoms with E-state index in [1.807, 2.05) is 30.3 Å². The van der Waals surface area contributed by atoms with Gasteiger partial charge in [0.1, 0.15) is 11.8 Å². The van der Waals surface area contributed by atoms with Gasteiger partial charge in [-0.15, -0.1) is 0 Å². The zero-order chi connectivity index (χ0) is 16.9. The van der Waals surface area contributed by atoms with Crippen LogP contribution in [0.5, 0.6) is 5.75 Å². The van der Waals surface area contributed by atoms with Crippen LogP contribution in [0.15, 0.2) is 59.1 Å². The predicted molar refractivity (Wildman–Crippen MR) is 88.6 cm³/mol. The average Bonchev–Trinajstić information content (AvgIpc) is 3.13. The van der Waals surface area contributed by atoms with E-state index in [4.69, 9.17) is 9.26 Å². The van der Waals surface area contributed by atoms with E-state index < -0.39 is 6.04 Å². The van der Waals surface area contributed by atoms with Crippen molar-refractivity contribution in [3.8, 4) is 17.1 Å². The van der Waals surface area contributed by atoms with Gasteiger partial charge in [-0.25, -0.2) is 0 Å². The van der Waals surface area contributed by atoms with Gasteiger partial charge in [-0.2, -0.15) is 4.98 Å². The molecule has 2 aromatic carbocycles. The van der Waals surface area contributed by atoms with Crippen molar-refractivity contribution in [3.05, 3.63) is 66.1 Å². The van der Waals surface area contributed by atoms with Crippen molar-refractivity contribution >= 4 is 5.91 Å². The summed E-state index contributed by atoms with van der Waals surface area (Å²) in [4.78, 5) is 16.6. The Balaban J connectivity index is 1.69. The Morgan fingerprint density at radius 3 is 2.50 bits per heavy atom. The zero-order valence-corrected chi connectivity index (χ0v) is 13.4. The van der Waals surface area contributed by atoms with E-state index in [0.29, 0.717) is 23.0 Å². The normalized spacial score (nSPS) is 11.8. The molecular weight excluding hydrogens is 306 g/mol. The van der Waals surface area contributed by atoms with E-state index >= 15 is 0 Å². The van der Waals surface area contributed by atoms with Crippen molar-refractivity contribution in [1.29, 1.82) is 0 Å². The van der Waals surface area contributed by atoms with Crippen LogP contribution in [-0.2, 0) is 0 Å². The summed E-state index contributed by atoms with van der Waals surface area (Å²) in [5.41, 5.74) is 1.40. The molecule has 0 fully saturated rings. The van der Waals surface area contributed by atoms with Gasteiger partial charge in [0.2, 0.25) is 11.7 Å². The minimum absolute atomic E-state index is 0.218. The summed E-state index contributed by atoms with van der Waals surface area (Å²) < 4.78 is 10.3. The molecule has 1 heterocycles. The van der Waals surface area contributed by atoms with Gasteiger partial charge in [0.05, 0.1) is 7.11 Å². The largest absolute Gasteiger partial charge is 0.497 e. The van der Waals surface area contributed by atoms with Crippen LogP contribution in [0.1, 0.15) is 29.2 Å². The molecule has 122 valence electrons. The van der Waals surface area contributed by atoms with Gasteiger partial charge in [0.15, 0.2) is 0 Å². The SMILES string of the molecule is COc1ccc(C(=O)NC(C)c2nc(-c3ccccc3)no2)cc1. The third-order valence-corrected chi connectivity index (χ3v) is 3.54. The first-order valence-electron chi connectivity index (χ1n) is 7.51. The second kappa shape index (κ2) is 6.95.